The predicted octanol–water partition coefficient (Wildman–Crippen LogP) is 3.83. The fourth-order valence-electron chi connectivity index (χ4n) is 3.35. The molecule has 1 fully saturated rings. The molecule has 0 saturated carbocycles. The molecule has 7 nitrogen and oxygen atoms in total. The second-order valence-corrected chi connectivity index (χ2v) is 8.63. The van der Waals surface area contributed by atoms with E-state index in [1.807, 2.05) is 0 Å². The van der Waals surface area contributed by atoms with Crippen LogP contribution < -0.4 is 10.6 Å². The maximum atomic E-state index is 12.3. The van der Waals surface area contributed by atoms with E-state index in [0.29, 0.717) is 23.3 Å². The number of anilines is 1. The van der Waals surface area contributed by atoms with Crippen molar-refractivity contribution in [2.75, 3.05) is 25.0 Å². The second kappa shape index (κ2) is 10.7. The summed E-state index contributed by atoms with van der Waals surface area (Å²) in [7, 11) is 0. The first-order valence-electron chi connectivity index (χ1n) is 9.95. The van der Waals surface area contributed by atoms with Crippen molar-refractivity contribution >= 4 is 40.4 Å². The Hall–Kier alpha value is -2.03. The molecule has 2 heterocycles. The summed E-state index contributed by atoms with van der Waals surface area (Å²) in [4.78, 5) is 27.1. The van der Waals surface area contributed by atoms with Gasteiger partial charge in [0.25, 0.3) is 11.8 Å². The van der Waals surface area contributed by atoms with Gasteiger partial charge in [-0.25, -0.2) is 0 Å². The Bertz CT molecular complexity index is 836. The second-order valence-electron chi connectivity index (χ2n) is 7.22. The number of hydrogen-bond donors (Lipinski definition) is 2. The van der Waals surface area contributed by atoms with Crippen LogP contribution in [0.5, 0.6) is 0 Å². The van der Waals surface area contributed by atoms with E-state index in [9.17, 15) is 9.59 Å². The molecule has 29 heavy (non-hydrogen) atoms. The van der Waals surface area contributed by atoms with Crippen LogP contribution in [0.4, 0.5) is 5.69 Å². The fourth-order valence-corrected chi connectivity index (χ4v) is 4.19. The van der Waals surface area contributed by atoms with Crippen LogP contribution in [-0.4, -0.2) is 52.6 Å². The Morgan fingerprint density at radius 3 is 2.52 bits per heavy atom. The van der Waals surface area contributed by atoms with E-state index in [2.05, 4.69) is 32.7 Å². The molecule has 1 saturated heterocycles. The van der Waals surface area contributed by atoms with E-state index in [-0.39, 0.29) is 15.9 Å². The lowest BCUT2D eigenvalue weighted by atomic mass is 10.2. The Kier molecular flexibility index (Phi) is 7.97. The maximum absolute atomic E-state index is 12.3. The van der Waals surface area contributed by atoms with Crippen molar-refractivity contribution in [3.8, 4) is 0 Å². The molecule has 1 aromatic carbocycles. The van der Waals surface area contributed by atoms with Crippen molar-refractivity contribution in [1.29, 1.82) is 0 Å². The van der Waals surface area contributed by atoms with Crippen molar-refractivity contribution in [2.45, 2.75) is 45.1 Å². The minimum Gasteiger partial charge on any atom is -0.350 e. The molecule has 1 atom stereocenters. The summed E-state index contributed by atoms with van der Waals surface area (Å²) < 4.78 is 0. The molecular weight excluding hydrogens is 410 g/mol. The molecule has 2 aromatic rings. The number of halogens is 1. The van der Waals surface area contributed by atoms with Crippen LogP contribution in [0.25, 0.3) is 0 Å². The van der Waals surface area contributed by atoms with Gasteiger partial charge in [0, 0.05) is 23.3 Å². The van der Waals surface area contributed by atoms with Gasteiger partial charge in [0.2, 0.25) is 10.0 Å². The van der Waals surface area contributed by atoms with Gasteiger partial charge < -0.3 is 15.5 Å². The molecule has 0 bridgehead atoms. The molecular formula is C20H26ClN5O2S. The van der Waals surface area contributed by atoms with Gasteiger partial charge in [-0.05, 0) is 57.5 Å². The number of aromatic nitrogens is 2. The van der Waals surface area contributed by atoms with Crippen LogP contribution in [0.1, 0.15) is 58.6 Å². The van der Waals surface area contributed by atoms with Crippen LogP contribution in [0.15, 0.2) is 24.3 Å². The number of carbonyl (C=O) groups excluding carboxylic acids is 2. The SMILES string of the molecule is CC(CCNC(=O)c1nnc(C(=O)Nc2cccc(Cl)c2)s1)N1CCCCCC1. The molecule has 2 amide bonds. The highest BCUT2D eigenvalue weighted by molar-refractivity contribution is 7.15. The largest absolute Gasteiger partial charge is 0.350 e. The molecule has 9 heteroatoms. The highest BCUT2D eigenvalue weighted by Crippen LogP contribution is 2.17. The normalized spacial score (nSPS) is 16.1. The van der Waals surface area contributed by atoms with Crippen molar-refractivity contribution in [1.82, 2.24) is 20.4 Å². The lowest BCUT2D eigenvalue weighted by molar-refractivity contribution is 0.0946. The van der Waals surface area contributed by atoms with E-state index >= 15 is 0 Å². The first kappa shape index (κ1) is 21.7. The van der Waals surface area contributed by atoms with Gasteiger partial charge in [-0.1, -0.05) is 41.8 Å². The van der Waals surface area contributed by atoms with Crippen LogP contribution in [0, 0.1) is 0 Å². The third-order valence-corrected chi connectivity index (χ3v) is 6.16. The lowest BCUT2D eigenvalue weighted by Gasteiger charge is -2.27. The number of hydrogen-bond acceptors (Lipinski definition) is 6. The zero-order valence-electron chi connectivity index (χ0n) is 16.5. The van der Waals surface area contributed by atoms with Crippen molar-refractivity contribution in [3.63, 3.8) is 0 Å². The van der Waals surface area contributed by atoms with Gasteiger partial charge in [-0.15, -0.1) is 10.2 Å². The molecule has 1 unspecified atom stereocenters. The van der Waals surface area contributed by atoms with Crippen LogP contribution in [0.2, 0.25) is 5.02 Å². The molecule has 156 valence electrons. The summed E-state index contributed by atoms with van der Waals surface area (Å²) in [6.07, 6.45) is 6.00. The molecule has 1 aliphatic heterocycles. The van der Waals surface area contributed by atoms with E-state index in [1.165, 1.54) is 25.7 Å². The van der Waals surface area contributed by atoms with Gasteiger partial charge in [-0.3, -0.25) is 9.59 Å². The molecule has 1 aromatic heterocycles. The predicted molar refractivity (Wildman–Crippen MR) is 116 cm³/mol. The number of likely N-dealkylation sites (tertiary alicyclic amines) is 1. The lowest BCUT2D eigenvalue weighted by Crippen LogP contribution is -2.37. The van der Waals surface area contributed by atoms with Gasteiger partial charge in [0.15, 0.2) is 0 Å². The van der Waals surface area contributed by atoms with Gasteiger partial charge in [0.1, 0.15) is 0 Å². The van der Waals surface area contributed by atoms with Gasteiger partial charge >= 0.3 is 0 Å². The van der Waals surface area contributed by atoms with E-state index in [4.69, 9.17) is 11.6 Å². The Morgan fingerprint density at radius 2 is 1.83 bits per heavy atom. The van der Waals surface area contributed by atoms with E-state index in [1.54, 1.807) is 24.3 Å². The standard InChI is InChI=1S/C20H26ClN5O2S/c1-14(26-11-4-2-3-5-12-26)9-10-22-17(27)19-24-25-20(29-19)18(28)23-16-8-6-7-15(21)13-16/h6-8,13-14H,2-5,9-12H2,1H3,(H,22,27)(H,23,28). The summed E-state index contributed by atoms with van der Waals surface area (Å²) in [5, 5.41) is 14.1. The molecule has 0 aliphatic carbocycles. The minimum atomic E-state index is -0.418. The fraction of sp³-hybridized carbons (Fsp3) is 0.500. The summed E-state index contributed by atoms with van der Waals surface area (Å²) in [6.45, 7) is 5.05. The molecule has 1 aliphatic rings. The Labute approximate surface area is 179 Å². The van der Waals surface area contributed by atoms with Crippen LogP contribution >= 0.6 is 22.9 Å². The molecule has 2 N–H and O–H groups in total. The minimum absolute atomic E-state index is 0.132. The quantitative estimate of drug-likeness (QED) is 0.690. The zero-order chi connectivity index (χ0) is 20.6. The Balaban J connectivity index is 1.46. The third kappa shape index (κ3) is 6.48. The molecule has 0 spiro atoms. The summed E-state index contributed by atoms with van der Waals surface area (Å²) in [5.41, 5.74) is 0.561. The van der Waals surface area contributed by atoms with Crippen molar-refractivity contribution in [2.24, 2.45) is 0 Å². The topological polar surface area (TPSA) is 87.2 Å². The first-order chi connectivity index (χ1) is 14.0. The smallest absolute Gasteiger partial charge is 0.286 e. The number of benzene rings is 1. The molecule has 3 rings (SSSR count). The number of nitrogens with one attached hydrogen (secondary N) is 2. The van der Waals surface area contributed by atoms with Gasteiger partial charge in [0.05, 0.1) is 0 Å². The number of rotatable bonds is 7. The summed E-state index contributed by atoms with van der Waals surface area (Å²) >= 11 is 6.89. The summed E-state index contributed by atoms with van der Waals surface area (Å²) in [5.74, 6) is -0.717. The summed E-state index contributed by atoms with van der Waals surface area (Å²) in [6, 6.07) is 7.26. The van der Waals surface area contributed by atoms with Gasteiger partial charge in [-0.2, -0.15) is 0 Å². The molecule has 0 radical (unpaired) electrons. The van der Waals surface area contributed by atoms with Crippen molar-refractivity contribution in [3.05, 3.63) is 39.3 Å². The third-order valence-electron chi connectivity index (χ3n) is 5.01. The van der Waals surface area contributed by atoms with E-state index in [0.717, 1.165) is 30.8 Å². The Morgan fingerprint density at radius 1 is 1.14 bits per heavy atom. The average Bonchev–Trinajstić information content (AvgIpc) is 3.04. The number of carbonyl (C=O) groups is 2. The maximum Gasteiger partial charge on any atom is 0.286 e. The zero-order valence-corrected chi connectivity index (χ0v) is 18.1. The average molecular weight is 436 g/mol. The van der Waals surface area contributed by atoms with Crippen LogP contribution in [-0.2, 0) is 0 Å². The monoisotopic (exact) mass is 435 g/mol. The number of amides is 2. The van der Waals surface area contributed by atoms with Crippen molar-refractivity contribution < 1.29 is 9.59 Å². The van der Waals surface area contributed by atoms with Crippen LogP contribution in [0.3, 0.4) is 0 Å². The first-order valence-corrected chi connectivity index (χ1v) is 11.1. The highest BCUT2D eigenvalue weighted by Gasteiger charge is 2.19. The number of nitrogens with zero attached hydrogens (tertiary/aromatic N) is 3. The highest BCUT2D eigenvalue weighted by atomic mass is 35.5. The van der Waals surface area contributed by atoms with E-state index < -0.39 is 5.91 Å².